The minimum absolute atomic E-state index is 0.0512. The Morgan fingerprint density at radius 2 is 2.11 bits per heavy atom. The number of hydrogen-bond acceptors (Lipinski definition) is 2. The van der Waals surface area contributed by atoms with Crippen molar-refractivity contribution in [2.75, 3.05) is 11.9 Å². The van der Waals surface area contributed by atoms with Crippen LogP contribution in [0.1, 0.15) is 43.7 Å². The van der Waals surface area contributed by atoms with E-state index in [1.165, 1.54) is 36.8 Å². The monoisotopic (exact) mass is 259 g/mol. The van der Waals surface area contributed by atoms with E-state index in [4.69, 9.17) is 4.74 Å². The summed E-state index contributed by atoms with van der Waals surface area (Å²) in [5.74, 6) is 1.64. The number of benzene rings is 1. The molecule has 1 aromatic carbocycles. The van der Waals surface area contributed by atoms with E-state index < -0.39 is 0 Å². The van der Waals surface area contributed by atoms with Crippen molar-refractivity contribution in [2.24, 2.45) is 5.92 Å². The van der Waals surface area contributed by atoms with Crippen molar-refractivity contribution in [1.29, 1.82) is 0 Å². The lowest BCUT2D eigenvalue weighted by Gasteiger charge is -2.24. The average Bonchev–Trinajstić information content (AvgIpc) is 2.39. The summed E-state index contributed by atoms with van der Waals surface area (Å²) >= 11 is 0. The summed E-state index contributed by atoms with van der Waals surface area (Å²) in [4.78, 5) is 11.4. The van der Waals surface area contributed by atoms with Gasteiger partial charge >= 0.3 is 0 Å². The van der Waals surface area contributed by atoms with E-state index in [1.54, 1.807) is 0 Å². The first-order valence-electron chi connectivity index (χ1n) is 7.34. The zero-order chi connectivity index (χ0) is 13.2. The van der Waals surface area contributed by atoms with Crippen LogP contribution in [0, 0.1) is 5.92 Å². The van der Waals surface area contributed by atoms with Gasteiger partial charge in [-0.25, -0.2) is 0 Å². The second-order valence-corrected chi connectivity index (χ2v) is 5.66. The van der Waals surface area contributed by atoms with Gasteiger partial charge in [-0.15, -0.1) is 0 Å². The Kier molecular flexibility index (Phi) is 3.45. The number of carbonyl (C=O) groups is 1. The second-order valence-electron chi connectivity index (χ2n) is 5.66. The van der Waals surface area contributed by atoms with Crippen LogP contribution in [0.15, 0.2) is 12.1 Å². The number of ether oxygens (including phenoxy) is 1. The Morgan fingerprint density at radius 1 is 1.26 bits per heavy atom. The molecule has 2 aliphatic rings. The van der Waals surface area contributed by atoms with Crippen molar-refractivity contribution in [1.82, 2.24) is 0 Å². The summed E-state index contributed by atoms with van der Waals surface area (Å²) in [5, 5.41) is 2.91. The molecular weight excluding hydrogens is 238 g/mol. The largest absolute Gasteiger partial charge is 0.482 e. The number of anilines is 1. The van der Waals surface area contributed by atoms with E-state index in [9.17, 15) is 4.79 Å². The van der Waals surface area contributed by atoms with Crippen LogP contribution in [0.25, 0.3) is 0 Å². The summed E-state index contributed by atoms with van der Waals surface area (Å²) in [6.07, 6.45) is 7.39. The predicted octanol–water partition coefficient (Wildman–Crippen LogP) is 3.31. The van der Waals surface area contributed by atoms with Gasteiger partial charge in [-0.1, -0.05) is 19.8 Å². The molecule has 0 radical (unpaired) electrons. The summed E-state index contributed by atoms with van der Waals surface area (Å²) in [6, 6.07) is 4.26. The molecule has 0 fully saturated rings. The SMILES string of the molecule is CCC1CCCc2cc3c(cc2CC1)NC(=O)CO3. The highest BCUT2D eigenvalue weighted by Gasteiger charge is 2.20. The van der Waals surface area contributed by atoms with Gasteiger partial charge in [0, 0.05) is 0 Å². The predicted molar refractivity (Wildman–Crippen MR) is 75.6 cm³/mol. The average molecular weight is 259 g/mol. The Labute approximate surface area is 114 Å². The van der Waals surface area contributed by atoms with Gasteiger partial charge < -0.3 is 10.1 Å². The molecule has 0 saturated heterocycles. The number of hydrogen-bond donors (Lipinski definition) is 1. The van der Waals surface area contributed by atoms with E-state index >= 15 is 0 Å². The summed E-state index contributed by atoms with van der Waals surface area (Å²) in [5.41, 5.74) is 3.65. The first kappa shape index (κ1) is 12.5. The van der Waals surface area contributed by atoms with Gasteiger partial charge in [-0.2, -0.15) is 0 Å². The van der Waals surface area contributed by atoms with Gasteiger partial charge in [0.1, 0.15) is 5.75 Å². The molecule has 1 aliphatic carbocycles. The van der Waals surface area contributed by atoms with Gasteiger partial charge in [0.25, 0.3) is 5.91 Å². The molecule has 3 rings (SSSR count). The van der Waals surface area contributed by atoms with Crippen LogP contribution >= 0.6 is 0 Å². The topological polar surface area (TPSA) is 38.3 Å². The van der Waals surface area contributed by atoms with Crippen molar-refractivity contribution in [2.45, 2.75) is 45.4 Å². The maximum atomic E-state index is 11.4. The van der Waals surface area contributed by atoms with E-state index in [0.29, 0.717) is 0 Å². The zero-order valence-corrected chi connectivity index (χ0v) is 11.5. The minimum atomic E-state index is -0.0512. The maximum absolute atomic E-state index is 11.4. The van der Waals surface area contributed by atoms with Crippen molar-refractivity contribution < 1.29 is 9.53 Å². The molecule has 1 amide bonds. The fourth-order valence-electron chi connectivity index (χ4n) is 3.17. The molecule has 0 spiro atoms. The minimum Gasteiger partial charge on any atom is -0.482 e. The van der Waals surface area contributed by atoms with Crippen LogP contribution in [0.4, 0.5) is 5.69 Å². The van der Waals surface area contributed by atoms with Gasteiger partial charge in [-0.05, 0) is 54.9 Å². The van der Waals surface area contributed by atoms with Crippen molar-refractivity contribution in [3.8, 4) is 5.75 Å². The molecule has 0 aromatic heterocycles. The third-order valence-electron chi connectivity index (χ3n) is 4.39. The lowest BCUT2D eigenvalue weighted by molar-refractivity contribution is -0.118. The molecular formula is C16H21NO2. The first-order valence-corrected chi connectivity index (χ1v) is 7.34. The van der Waals surface area contributed by atoms with E-state index in [0.717, 1.165) is 30.2 Å². The van der Waals surface area contributed by atoms with Crippen LogP contribution in [0.2, 0.25) is 0 Å². The van der Waals surface area contributed by atoms with Crippen molar-refractivity contribution >= 4 is 11.6 Å². The lowest BCUT2D eigenvalue weighted by Crippen LogP contribution is -2.25. The molecule has 3 nitrogen and oxygen atoms in total. The molecule has 1 atom stereocenters. The summed E-state index contributed by atoms with van der Waals surface area (Å²) in [6.45, 7) is 2.43. The number of carbonyl (C=O) groups excluding carboxylic acids is 1. The molecule has 0 bridgehead atoms. The third kappa shape index (κ3) is 2.60. The molecule has 0 saturated carbocycles. The van der Waals surface area contributed by atoms with E-state index in [1.807, 2.05) is 0 Å². The van der Waals surface area contributed by atoms with Gasteiger partial charge in [0.05, 0.1) is 5.69 Å². The van der Waals surface area contributed by atoms with Gasteiger partial charge in [0.2, 0.25) is 0 Å². The molecule has 1 heterocycles. The third-order valence-corrected chi connectivity index (χ3v) is 4.39. The zero-order valence-electron chi connectivity index (χ0n) is 11.5. The number of rotatable bonds is 1. The molecule has 1 aliphatic heterocycles. The Morgan fingerprint density at radius 3 is 2.95 bits per heavy atom. The number of fused-ring (bicyclic) bond motifs is 2. The highest BCUT2D eigenvalue weighted by molar-refractivity contribution is 5.95. The van der Waals surface area contributed by atoms with Crippen LogP contribution < -0.4 is 10.1 Å². The summed E-state index contributed by atoms with van der Waals surface area (Å²) in [7, 11) is 0. The smallest absolute Gasteiger partial charge is 0.262 e. The Hall–Kier alpha value is -1.51. The molecule has 19 heavy (non-hydrogen) atoms. The van der Waals surface area contributed by atoms with Crippen LogP contribution in [-0.4, -0.2) is 12.5 Å². The molecule has 1 aromatic rings. The normalized spacial score (nSPS) is 22.4. The number of nitrogens with one attached hydrogen (secondary N) is 1. The fourth-order valence-corrected chi connectivity index (χ4v) is 3.17. The van der Waals surface area contributed by atoms with E-state index in [2.05, 4.69) is 24.4 Å². The molecule has 102 valence electrons. The molecule has 1 unspecified atom stereocenters. The van der Waals surface area contributed by atoms with Gasteiger partial charge in [-0.3, -0.25) is 4.79 Å². The van der Waals surface area contributed by atoms with Crippen LogP contribution in [0.3, 0.4) is 0 Å². The van der Waals surface area contributed by atoms with Crippen LogP contribution in [-0.2, 0) is 17.6 Å². The fraction of sp³-hybridized carbons (Fsp3) is 0.562. The molecule has 1 N–H and O–H groups in total. The molecule has 3 heteroatoms. The first-order chi connectivity index (χ1) is 9.26. The second kappa shape index (κ2) is 5.24. The van der Waals surface area contributed by atoms with Crippen molar-refractivity contribution in [3.05, 3.63) is 23.3 Å². The maximum Gasteiger partial charge on any atom is 0.262 e. The number of amides is 1. The summed E-state index contributed by atoms with van der Waals surface area (Å²) < 4.78 is 5.50. The lowest BCUT2D eigenvalue weighted by atomic mass is 9.85. The Bertz CT molecular complexity index is 496. The standard InChI is InChI=1S/C16H21NO2/c1-2-11-4-3-5-12-9-15-14(8-13(12)7-6-11)17-16(18)10-19-15/h8-9,11H,2-7,10H2,1H3,(H,17,18). The van der Waals surface area contributed by atoms with Gasteiger partial charge in [0.15, 0.2) is 6.61 Å². The highest BCUT2D eigenvalue weighted by atomic mass is 16.5. The highest BCUT2D eigenvalue weighted by Crippen LogP contribution is 2.34. The van der Waals surface area contributed by atoms with E-state index in [-0.39, 0.29) is 12.5 Å². The van der Waals surface area contributed by atoms with Crippen LogP contribution in [0.5, 0.6) is 5.75 Å². The number of aryl methyl sites for hydroxylation is 2. The quantitative estimate of drug-likeness (QED) is 0.840. The van der Waals surface area contributed by atoms with Crippen molar-refractivity contribution in [3.63, 3.8) is 0 Å². The Balaban J connectivity index is 1.89.